The van der Waals surface area contributed by atoms with Gasteiger partial charge in [0.1, 0.15) is 6.54 Å². The average molecular weight is 319 g/mol. The molecule has 1 rings (SSSR count). The highest BCUT2D eigenvalue weighted by Gasteiger charge is 2.05. The van der Waals surface area contributed by atoms with Gasteiger partial charge in [-0.2, -0.15) is 0 Å². The highest BCUT2D eigenvalue weighted by molar-refractivity contribution is 14.1. The van der Waals surface area contributed by atoms with Gasteiger partial charge < -0.3 is 10.1 Å². The average Bonchev–Trinajstić information content (AvgIpc) is 2.15. The molecule has 3 nitrogen and oxygen atoms in total. The second kappa shape index (κ2) is 5.95. The monoisotopic (exact) mass is 319 g/mol. The topological polar surface area (TPSA) is 38.3 Å². The maximum Gasteiger partial charge on any atom is 0.325 e. The SMILES string of the molecule is CC(C)OC(=O)CNc1ccccc1I. The zero-order chi connectivity index (χ0) is 11.3. The number of esters is 1. The van der Waals surface area contributed by atoms with E-state index in [1.807, 2.05) is 38.1 Å². The number of hydrogen-bond donors (Lipinski definition) is 1. The van der Waals surface area contributed by atoms with Crippen LogP contribution in [0.5, 0.6) is 0 Å². The maximum absolute atomic E-state index is 11.3. The Kier molecular flexibility index (Phi) is 4.87. The van der Waals surface area contributed by atoms with Gasteiger partial charge in [-0.25, -0.2) is 0 Å². The van der Waals surface area contributed by atoms with Crippen LogP contribution in [-0.2, 0) is 9.53 Å². The standard InChI is InChI=1S/C11H14INO2/c1-8(2)15-11(14)7-13-10-6-4-3-5-9(10)12/h3-6,8,13H,7H2,1-2H3. The normalized spacial score (nSPS) is 10.1. The molecular formula is C11H14INO2. The Morgan fingerprint density at radius 1 is 1.47 bits per heavy atom. The van der Waals surface area contributed by atoms with E-state index >= 15 is 0 Å². The van der Waals surface area contributed by atoms with Crippen LogP contribution in [-0.4, -0.2) is 18.6 Å². The van der Waals surface area contributed by atoms with Crippen LogP contribution in [0.15, 0.2) is 24.3 Å². The third-order valence-corrected chi connectivity index (χ3v) is 2.60. The number of halogens is 1. The third-order valence-electron chi connectivity index (χ3n) is 1.66. The molecule has 1 aromatic carbocycles. The maximum atomic E-state index is 11.3. The van der Waals surface area contributed by atoms with Gasteiger partial charge in [0.25, 0.3) is 0 Å². The second-order valence-electron chi connectivity index (χ2n) is 3.37. The molecule has 0 unspecified atom stereocenters. The van der Waals surface area contributed by atoms with Gasteiger partial charge in [-0.3, -0.25) is 4.79 Å². The molecule has 82 valence electrons. The van der Waals surface area contributed by atoms with Crippen molar-refractivity contribution >= 4 is 34.2 Å². The van der Waals surface area contributed by atoms with Crippen molar-refractivity contribution < 1.29 is 9.53 Å². The minimum atomic E-state index is -0.232. The number of benzene rings is 1. The van der Waals surface area contributed by atoms with Crippen LogP contribution in [0.3, 0.4) is 0 Å². The van der Waals surface area contributed by atoms with Crippen LogP contribution < -0.4 is 5.32 Å². The van der Waals surface area contributed by atoms with E-state index in [1.165, 1.54) is 0 Å². The van der Waals surface area contributed by atoms with E-state index in [9.17, 15) is 4.79 Å². The first kappa shape index (κ1) is 12.3. The summed E-state index contributed by atoms with van der Waals surface area (Å²) in [6.07, 6.45) is -0.0610. The molecule has 0 amide bonds. The van der Waals surface area contributed by atoms with Crippen LogP contribution in [0.4, 0.5) is 5.69 Å². The lowest BCUT2D eigenvalue weighted by atomic mass is 10.3. The number of ether oxygens (including phenoxy) is 1. The summed E-state index contributed by atoms with van der Waals surface area (Å²) in [6, 6.07) is 7.80. The van der Waals surface area contributed by atoms with Crippen molar-refractivity contribution in [3.63, 3.8) is 0 Å². The number of anilines is 1. The summed E-state index contributed by atoms with van der Waals surface area (Å²) in [5.74, 6) is -0.232. The predicted octanol–water partition coefficient (Wildman–Crippen LogP) is 2.65. The predicted molar refractivity (Wildman–Crippen MR) is 68.9 cm³/mol. The molecular weight excluding hydrogens is 305 g/mol. The fraction of sp³-hybridized carbons (Fsp3) is 0.364. The highest BCUT2D eigenvalue weighted by Crippen LogP contribution is 2.16. The lowest BCUT2D eigenvalue weighted by Crippen LogP contribution is -2.20. The van der Waals surface area contributed by atoms with Crippen LogP contribution in [0, 0.1) is 3.57 Å². The molecule has 0 atom stereocenters. The fourth-order valence-corrected chi connectivity index (χ4v) is 1.65. The van der Waals surface area contributed by atoms with Crippen molar-refractivity contribution in [3.8, 4) is 0 Å². The Bertz CT molecular complexity index is 339. The van der Waals surface area contributed by atoms with Gasteiger partial charge in [0.15, 0.2) is 0 Å². The van der Waals surface area contributed by atoms with Gasteiger partial charge in [-0.05, 0) is 48.6 Å². The van der Waals surface area contributed by atoms with E-state index in [0.717, 1.165) is 9.26 Å². The van der Waals surface area contributed by atoms with E-state index in [4.69, 9.17) is 4.74 Å². The van der Waals surface area contributed by atoms with Crippen molar-refractivity contribution in [2.24, 2.45) is 0 Å². The van der Waals surface area contributed by atoms with Gasteiger partial charge in [-0.1, -0.05) is 12.1 Å². The number of para-hydroxylation sites is 1. The second-order valence-corrected chi connectivity index (χ2v) is 4.53. The summed E-state index contributed by atoms with van der Waals surface area (Å²) < 4.78 is 6.10. The van der Waals surface area contributed by atoms with Crippen molar-refractivity contribution in [1.82, 2.24) is 0 Å². The number of nitrogens with one attached hydrogen (secondary N) is 1. The molecule has 15 heavy (non-hydrogen) atoms. The van der Waals surface area contributed by atoms with Gasteiger partial charge in [0.2, 0.25) is 0 Å². The highest BCUT2D eigenvalue weighted by atomic mass is 127. The van der Waals surface area contributed by atoms with Crippen molar-refractivity contribution in [1.29, 1.82) is 0 Å². The molecule has 0 aliphatic carbocycles. The minimum absolute atomic E-state index is 0.0610. The lowest BCUT2D eigenvalue weighted by Gasteiger charge is -2.10. The van der Waals surface area contributed by atoms with Gasteiger partial charge >= 0.3 is 5.97 Å². The van der Waals surface area contributed by atoms with Crippen LogP contribution in [0.25, 0.3) is 0 Å². The van der Waals surface area contributed by atoms with E-state index in [1.54, 1.807) is 0 Å². The lowest BCUT2D eigenvalue weighted by molar-refractivity contribution is -0.145. The first-order valence-corrected chi connectivity index (χ1v) is 5.85. The summed E-state index contributed by atoms with van der Waals surface area (Å²) >= 11 is 2.22. The molecule has 4 heteroatoms. The zero-order valence-corrected chi connectivity index (χ0v) is 10.9. The van der Waals surface area contributed by atoms with Gasteiger partial charge in [0, 0.05) is 9.26 Å². The number of carbonyl (C=O) groups excluding carboxylic acids is 1. The third kappa shape index (κ3) is 4.51. The van der Waals surface area contributed by atoms with E-state index in [0.29, 0.717) is 0 Å². The fourth-order valence-electron chi connectivity index (χ4n) is 1.08. The molecule has 1 aromatic rings. The van der Waals surface area contributed by atoms with Crippen LogP contribution in [0.1, 0.15) is 13.8 Å². The number of rotatable bonds is 4. The summed E-state index contributed by atoms with van der Waals surface area (Å²) in [5.41, 5.74) is 0.957. The first-order chi connectivity index (χ1) is 7.09. The van der Waals surface area contributed by atoms with Crippen LogP contribution in [0.2, 0.25) is 0 Å². The molecule has 0 radical (unpaired) electrons. The van der Waals surface area contributed by atoms with E-state index in [2.05, 4.69) is 27.9 Å². The first-order valence-electron chi connectivity index (χ1n) is 4.77. The summed E-state index contributed by atoms with van der Waals surface area (Å²) in [4.78, 5) is 11.3. The van der Waals surface area contributed by atoms with Gasteiger partial charge in [0.05, 0.1) is 6.10 Å². The molecule has 0 bridgehead atoms. The molecule has 0 saturated heterocycles. The van der Waals surface area contributed by atoms with Crippen LogP contribution >= 0.6 is 22.6 Å². The molecule has 0 spiro atoms. The molecule has 0 fully saturated rings. The van der Waals surface area contributed by atoms with E-state index < -0.39 is 0 Å². The Morgan fingerprint density at radius 3 is 2.73 bits per heavy atom. The molecule has 0 aromatic heterocycles. The number of carbonyl (C=O) groups is 1. The van der Waals surface area contributed by atoms with Crippen molar-refractivity contribution in [3.05, 3.63) is 27.8 Å². The molecule has 0 saturated carbocycles. The molecule has 1 N–H and O–H groups in total. The summed E-state index contributed by atoms with van der Waals surface area (Å²) in [6.45, 7) is 3.88. The Balaban J connectivity index is 2.44. The summed E-state index contributed by atoms with van der Waals surface area (Å²) in [5, 5.41) is 3.04. The van der Waals surface area contributed by atoms with Crippen molar-refractivity contribution in [2.45, 2.75) is 20.0 Å². The van der Waals surface area contributed by atoms with E-state index in [-0.39, 0.29) is 18.6 Å². The van der Waals surface area contributed by atoms with Crippen molar-refractivity contribution in [2.75, 3.05) is 11.9 Å². The largest absolute Gasteiger partial charge is 0.462 e. The zero-order valence-electron chi connectivity index (χ0n) is 8.79. The molecule has 0 aliphatic rings. The minimum Gasteiger partial charge on any atom is -0.462 e. The smallest absolute Gasteiger partial charge is 0.325 e. The quantitative estimate of drug-likeness (QED) is 0.685. The summed E-state index contributed by atoms with van der Waals surface area (Å²) in [7, 11) is 0. The molecule has 0 aliphatic heterocycles. The Hall–Kier alpha value is -0.780. The Morgan fingerprint density at radius 2 is 2.13 bits per heavy atom. The Labute approximate surface area is 103 Å². The van der Waals surface area contributed by atoms with Gasteiger partial charge in [-0.15, -0.1) is 0 Å². The molecule has 0 heterocycles. The number of hydrogen-bond acceptors (Lipinski definition) is 3.